The summed E-state index contributed by atoms with van der Waals surface area (Å²) in [7, 11) is 0. The highest BCUT2D eigenvalue weighted by atomic mass is 16.1. The summed E-state index contributed by atoms with van der Waals surface area (Å²) in [5.41, 5.74) is 0. The molecule has 0 fully saturated rings. The molecule has 1 amide bonds. The first kappa shape index (κ1) is 5.61. The molecule has 0 unspecified atom stereocenters. The summed E-state index contributed by atoms with van der Waals surface area (Å²) in [6, 6.07) is 0. The summed E-state index contributed by atoms with van der Waals surface area (Å²) < 4.78 is 1.26. The Kier molecular flexibility index (Phi) is 1.35. The zero-order valence-corrected chi connectivity index (χ0v) is 4.61. The van der Waals surface area contributed by atoms with Crippen LogP contribution in [-0.2, 0) is 4.79 Å². The maximum atomic E-state index is 9.78. The van der Waals surface area contributed by atoms with Gasteiger partial charge >= 0.3 is 0 Å². The van der Waals surface area contributed by atoms with Crippen molar-refractivity contribution >= 4 is 12.2 Å². The minimum atomic E-state index is 0.451. The average molecular weight is 126 g/mol. The van der Waals surface area contributed by atoms with Crippen LogP contribution in [0, 0.1) is 0 Å². The smallest absolute Gasteiger partial charge is 0.212 e. The van der Waals surface area contributed by atoms with Crippen LogP contribution in [0.4, 0.5) is 5.82 Å². The summed E-state index contributed by atoms with van der Waals surface area (Å²) in [6.45, 7) is 0. The summed E-state index contributed by atoms with van der Waals surface area (Å²) in [6.07, 6.45) is 3.43. The molecule has 0 aliphatic heterocycles. The van der Waals surface area contributed by atoms with Crippen LogP contribution >= 0.6 is 0 Å². The van der Waals surface area contributed by atoms with E-state index in [9.17, 15) is 4.79 Å². The van der Waals surface area contributed by atoms with Crippen LogP contribution in [0.5, 0.6) is 0 Å². The Morgan fingerprint density at radius 1 is 1.89 bits per heavy atom. The summed E-state index contributed by atoms with van der Waals surface area (Å²) in [4.78, 5) is 13.5. The third-order valence-electron chi connectivity index (χ3n) is 0.808. The quantitative estimate of drug-likeness (QED) is 0.401. The first-order valence-corrected chi connectivity index (χ1v) is 2.32. The Hall–Kier alpha value is -1.52. The number of rotatable bonds is 2. The van der Waals surface area contributed by atoms with E-state index >= 15 is 0 Å². The van der Waals surface area contributed by atoms with Crippen molar-refractivity contribution in [2.45, 2.75) is 0 Å². The molecule has 0 radical (unpaired) electrons. The Balaban J connectivity index is 2.72. The summed E-state index contributed by atoms with van der Waals surface area (Å²) in [5.74, 6) is 5.66. The highest BCUT2D eigenvalue weighted by Crippen LogP contribution is 1.95. The number of nitrogens with one attached hydrogen (secondary N) is 1. The molecule has 5 heteroatoms. The molecule has 0 saturated carbocycles. The molecule has 0 atom stereocenters. The number of hydrogen-bond donors (Lipinski definition) is 2. The zero-order valence-electron chi connectivity index (χ0n) is 4.61. The number of carbonyl (C=O) groups is 1. The monoisotopic (exact) mass is 126 g/mol. The van der Waals surface area contributed by atoms with Crippen LogP contribution in [0.1, 0.15) is 0 Å². The van der Waals surface area contributed by atoms with Crippen molar-refractivity contribution in [1.29, 1.82) is 0 Å². The zero-order chi connectivity index (χ0) is 6.69. The van der Waals surface area contributed by atoms with Crippen molar-refractivity contribution in [2.75, 3.05) is 11.2 Å². The third-order valence-corrected chi connectivity index (χ3v) is 0.808. The van der Waals surface area contributed by atoms with E-state index in [-0.39, 0.29) is 0 Å². The van der Waals surface area contributed by atoms with Crippen molar-refractivity contribution < 1.29 is 4.79 Å². The van der Waals surface area contributed by atoms with Crippen LogP contribution in [0.15, 0.2) is 12.5 Å². The van der Waals surface area contributed by atoms with Crippen LogP contribution in [0.2, 0.25) is 0 Å². The number of amides is 1. The molecule has 0 aliphatic carbocycles. The summed E-state index contributed by atoms with van der Waals surface area (Å²) in [5, 5.41) is 2.34. The molecule has 1 heterocycles. The van der Waals surface area contributed by atoms with Crippen LogP contribution in [-0.4, -0.2) is 16.1 Å². The fourth-order valence-corrected chi connectivity index (χ4v) is 0.472. The Labute approximate surface area is 51.5 Å². The SMILES string of the molecule is Nn1cnc(NC=O)c1. The van der Waals surface area contributed by atoms with Crippen molar-refractivity contribution in [3.8, 4) is 0 Å². The van der Waals surface area contributed by atoms with Gasteiger partial charge in [0, 0.05) is 0 Å². The van der Waals surface area contributed by atoms with Crippen LogP contribution < -0.4 is 11.2 Å². The lowest BCUT2D eigenvalue weighted by atomic mass is 10.7. The van der Waals surface area contributed by atoms with Crippen molar-refractivity contribution in [3.63, 3.8) is 0 Å². The normalized spacial score (nSPS) is 8.89. The van der Waals surface area contributed by atoms with E-state index in [4.69, 9.17) is 5.84 Å². The van der Waals surface area contributed by atoms with Gasteiger partial charge in [0.05, 0.1) is 6.20 Å². The first-order valence-electron chi connectivity index (χ1n) is 2.32. The van der Waals surface area contributed by atoms with Gasteiger partial charge in [-0.3, -0.25) is 9.47 Å². The second kappa shape index (κ2) is 2.17. The van der Waals surface area contributed by atoms with E-state index < -0.39 is 0 Å². The molecule has 0 aliphatic rings. The van der Waals surface area contributed by atoms with Gasteiger partial charge in [0.2, 0.25) is 6.41 Å². The van der Waals surface area contributed by atoms with E-state index in [1.807, 2.05) is 0 Å². The first-order chi connectivity index (χ1) is 4.33. The number of hydrogen-bond acceptors (Lipinski definition) is 3. The predicted octanol–water partition coefficient (Wildman–Crippen LogP) is -0.835. The minimum absolute atomic E-state index is 0.451. The number of anilines is 1. The molecule has 0 saturated heterocycles. The highest BCUT2D eigenvalue weighted by Gasteiger charge is 1.90. The van der Waals surface area contributed by atoms with Gasteiger partial charge in [-0.1, -0.05) is 0 Å². The van der Waals surface area contributed by atoms with Crippen LogP contribution in [0.25, 0.3) is 0 Å². The van der Waals surface area contributed by atoms with Gasteiger partial charge in [0.25, 0.3) is 0 Å². The lowest BCUT2D eigenvalue weighted by molar-refractivity contribution is -0.105. The highest BCUT2D eigenvalue weighted by molar-refractivity contribution is 5.68. The average Bonchev–Trinajstić information content (AvgIpc) is 2.17. The third kappa shape index (κ3) is 1.18. The molecule has 1 aromatic heterocycles. The maximum absolute atomic E-state index is 9.78. The molecule has 0 bridgehead atoms. The number of imidazole rings is 1. The number of nitrogen functional groups attached to an aromatic ring is 1. The molecule has 1 rings (SSSR count). The molecule has 9 heavy (non-hydrogen) atoms. The van der Waals surface area contributed by atoms with E-state index in [1.165, 1.54) is 17.2 Å². The minimum Gasteiger partial charge on any atom is -0.338 e. The predicted molar refractivity (Wildman–Crippen MR) is 32.1 cm³/mol. The van der Waals surface area contributed by atoms with Gasteiger partial charge < -0.3 is 11.2 Å². The van der Waals surface area contributed by atoms with Crippen molar-refractivity contribution in [3.05, 3.63) is 12.5 Å². The van der Waals surface area contributed by atoms with E-state index in [0.29, 0.717) is 12.2 Å². The van der Waals surface area contributed by atoms with Gasteiger partial charge in [-0.25, -0.2) is 4.98 Å². The molecule has 0 aromatic carbocycles. The number of aromatic nitrogens is 2. The Bertz CT molecular complexity index is 206. The molecule has 1 aromatic rings. The Morgan fingerprint density at radius 2 is 2.67 bits per heavy atom. The van der Waals surface area contributed by atoms with Gasteiger partial charge in [0.15, 0.2) is 5.82 Å². The second-order valence-electron chi connectivity index (χ2n) is 1.47. The maximum Gasteiger partial charge on any atom is 0.212 e. The van der Waals surface area contributed by atoms with Crippen molar-refractivity contribution in [1.82, 2.24) is 9.66 Å². The van der Waals surface area contributed by atoms with Gasteiger partial charge in [-0.05, 0) is 0 Å². The fourth-order valence-electron chi connectivity index (χ4n) is 0.472. The van der Waals surface area contributed by atoms with E-state index in [1.54, 1.807) is 0 Å². The Morgan fingerprint density at radius 3 is 3.11 bits per heavy atom. The molecule has 3 N–H and O–H groups in total. The largest absolute Gasteiger partial charge is 0.338 e. The van der Waals surface area contributed by atoms with Gasteiger partial charge in [0.1, 0.15) is 6.33 Å². The van der Waals surface area contributed by atoms with E-state index in [0.717, 1.165) is 0 Å². The van der Waals surface area contributed by atoms with Gasteiger partial charge in [-0.2, -0.15) is 0 Å². The fraction of sp³-hybridized carbons (Fsp3) is 0. The number of nitrogens with zero attached hydrogens (tertiary/aromatic N) is 2. The lowest BCUT2D eigenvalue weighted by Gasteiger charge is -1.85. The second-order valence-corrected chi connectivity index (χ2v) is 1.47. The summed E-state index contributed by atoms with van der Waals surface area (Å²) >= 11 is 0. The lowest BCUT2D eigenvalue weighted by Crippen LogP contribution is -2.03. The van der Waals surface area contributed by atoms with Crippen molar-refractivity contribution in [2.24, 2.45) is 0 Å². The molecular weight excluding hydrogens is 120 g/mol. The standard InChI is InChI=1S/C4H6N4O/c5-8-1-4(6-2-8)7-3-9/h1-3H,5H2,(H,7,9). The topological polar surface area (TPSA) is 72.9 Å². The molecule has 48 valence electrons. The van der Waals surface area contributed by atoms with Crippen LogP contribution in [0.3, 0.4) is 0 Å². The molecule has 5 nitrogen and oxygen atoms in total. The molecular formula is C4H6N4O. The number of nitrogens with two attached hydrogens (primary N) is 1. The van der Waals surface area contributed by atoms with Gasteiger partial charge in [-0.15, -0.1) is 0 Å². The molecule has 0 spiro atoms. The number of carbonyl (C=O) groups excluding carboxylic acids is 1. The van der Waals surface area contributed by atoms with E-state index in [2.05, 4.69) is 10.3 Å².